The molecule has 4 rings (SSSR count). The highest BCUT2D eigenvalue weighted by atomic mass is 16.6. The van der Waals surface area contributed by atoms with Gasteiger partial charge in [-0.2, -0.15) is 0 Å². The minimum atomic E-state index is -0.452. The van der Waals surface area contributed by atoms with E-state index in [0.717, 1.165) is 24.0 Å². The van der Waals surface area contributed by atoms with Gasteiger partial charge in [-0.25, -0.2) is 4.79 Å². The van der Waals surface area contributed by atoms with Gasteiger partial charge in [-0.15, -0.1) is 0 Å². The number of Topliss-reactive ketones (excluding diaryl/α,β-unsaturated/α-hetero) is 1. The van der Waals surface area contributed by atoms with E-state index in [1.54, 1.807) is 6.07 Å². The van der Waals surface area contributed by atoms with Crippen LogP contribution in [0.1, 0.15) is 48.5 Å². The number of ketones is 1. The first-order valence-electron chi connectivity index (χ1n) is 10.5. The van der Waals surface area contributed by atoms with Gasteiger partial charge in [-0.1, -0.05) is 24.6 Å². The maximum absolute atomic E-state index is 12.2. The van der Waals surface area contributed by atoms with Gasteiger partial charge in [0.1, 0.15) is 0 Å². The Morgan fingerprint density at radius 2 is 1.83 bits per heavy atom. The van der Waals surface area contributed by atoms with Crippen LogP contribution in [-0.2, 0) is 16.0 Å². The quantitative estimate of drug-likeness (QED) is 0.653. The topological polar surface area (TPSA) is 82.1 Å². The summed E-state index contributed by atoms with van der Waals surface area (Å²) in [7, 11) is 0. The number of rotatable bonds is 8. The van der Waals surface area contributed by atoms with Gasteiger partial charge in [0.25, 0.3) is 0 Å². The molecule has 0 atom stereocenters. The molecule has 158 valence electrons. The van der Waals surface area contributed by atoms with Gasteiger partial charge in [0, 0.05) is 17.5 Å². The highest BCUT2D eigenvalue weighted by molar-refractivity contribution is 6.02. The molecular weight excluding hydrogens is 384 g/mol. The molecule has 30 heavy (non-hydrogen) atoms. The molecule has 6 heteroatoms. The van der Waals surface area contributed by atoms with Crippen molar-refractivity contribution in [2.24, 2.45) is 5.92 Å². The summed E-state index contributed by atoms with van der Waals surface area (Å²) < 4.78 is 16.8. The number of aromatic hydroxyl groups is 1. The molecule has 0 aliphatic heterocycles. The monoisotopic (exact) mass is 410 g/mol. The van der Waals surface area contributed by atoms with Crippen LogP contribution >= 0.6 is 0 Å². The summed E-state index contributed by atoms with van der Waals surface area (Å²) >= 11 is 0. The molecule has 1 saturated carbocycles. The first-order chi connectivity index (χ1) is 14.6. The van der Waals surface area contributed by atoms with Gasteiger partial charge >= 0.3 is 5.97 Å². The Balaban J connectivity index is 1.63. The van der Waals surface area contributed by atoms with Crippen LogP contribution < -0.4 is 9.47 Å². The van der Waals surface area contributed by atoms with Gasteiger partial charge < -0.3 is 19.3 Å². The number of phenols is 1. The Morgan fingerprint density at radius 3 is 2.57 bits per heavy atom. The van der Waals surface area contributed by atoms with Crippen molar-refractivity contribution in [3.05, 3.63) is 41.5 Å². The summed E-state index contributed by atoms with van der Waals surface area (Å²) in [5.74, 6) is 0.523. The minimum Gasteiger partial charge on any atom is -0.504 e. The van der Waals surface area contributed by atoms with Gasteiger partial charge in [-0.3, -0.25) is 4.79 Å². The van der Waals surface area contributed by atoms with E-state index in [9.17, 15) is 14.7 Å². The van der Waals surface area contributed by atoms with Crippen molar-refractivity contribution in [3.8, 4) is 28.4 Å². The molecule has 2 aromatic carbocycles. The standard InChI is InChI=1S/C24H26O6/c1-2-28-24-21(26)12-10-19(16-7-4-8-18-17(16)9-11-20(18)25)23(24)30-14-22(27)29-13-15-5-3-6-15/h4,7-8,10,12,15,26H,2-3,5-6,9,11,13-14H2,1H3. The molecule has 2 aromatic rings. The van der Waals surface area contributed by atoms with Gasteiger partial charge in [-0.05, 0) is 55.4 Å². The molecule has 0 radical (unpaired) electrons. The van der Waals surface area contributed by atoms with E-state index in [4.69, 9.17) is 14.2 Å². The number of carbonyl (C=O) groups is 2. The third kappa shape index (κ3) is 3.99. The fourth-order valence-corrected chi connectivity index (χ4v) is 3.98. The zero-order chi connectivity index (χ0) is 21.1. The average Bonchev–Trinajstić information content (AvgIpc) is 3.08. The second kappa shape index (κ2) is 8.78. The van der Waals surface area contributed by atoms with E-state index < -0.39 is 5.97 Å². The van der Waals surface area contributed by atoms with Gasteiger partial charge in [0.2, 0.25) is 5.75 Å². The van der Waals surface area contributed by atoms with Crippen LogP contribution in [-0.4, -0.2) is 36.7 Å². The van der Waals surface area contributed by atoms with E-state index in [2.05, 4.69) is 0 Å². The zero-order valence-electron chi connectivity index (χ0n) is 17.1. The second-order valence-electron chi connectivity index (χ2n) is 7.75. The molecule has 0 heterocycles. The lowest BCUT2D eigenvalue weighted by molar-refractivity contribution is -0.148. The Morgan fingerprint density at radius 1 is 1.03 bits per heavy atom. The second-order valence-corrected chi connectivity index (χ2v) is 7.75. The van der Waals surface area contributed by atoms with Crippen molar-refractivity contribution in [1.29, 1.82) is 0 Å². The van der Waals surface area contributed by atoms with Crippen LogP contribution in [0.3, 0.4) is 0 Å². The van der Waals surface area contributed by atoms with Crippen molar-refractivity contribution in [2.45, 2.75) is 39.0 Å². The summed E-state index contributed by atoms with van der Waals surface area (Å²) in [5.41, 5.74) is 3.18. The maximum Gasteiger partial charge on any atom is 0.344 e. The summed E-state index contributed by atoms with van der Waals surface area (Å²) in [6.07, 6.45) is 4.51. The minimum absolute atomic E-state index is 0.0675. The predicted octanol–water partition coefficient (Wildman–Crippen LogP) is 4.31. The van der Waals surface area contributed by atoms with Crippen LogP contribution in [0.4, 0.5) is 0 Å². The third-order valence-corrected chi connectivity index (χ3v) is 5.79. The molecule has 1 N–H and O–H groups in total. The molecular formula is C24H26O6. The first kappa shape index (κ1) is 20.3. The van der Waals surface area contributed by atoms with Crippen molar-refractivity contribution < 1.29 is 28.9 Å². The fraction of sp³-hybridized carbons (Fsp3) is 0.417. The highest BCUT2D eigenvalue weighted by Gasteiger charge is 2.26. The number of phenolic OH excluding ortho intramolecular Hbond substituents is 1. The van der Waals surface area contributed by atoms with E-state index in [-0.39, 0.29) is 29.6 Å². The molecule has 0 saturated heterocycles. The lowest BCUT2D eigenvalue weighted by atomic mass is 9.86. The third-order valence-electron chi connectivity index (χ3n) is 5.79. The molecule has 0 unspecified atom stereocenters. The van der Waals surface area contributed by atoms with Crippen molar-refractivity contribution in [3.63, 3.8) is 0 Å². The highest BCUT2D eigenvalue weighted by Crippen LogP contribution is 2.46. The normalized spacial score (nSPS) is 15.4. The Hall–Kier alpha value is -3.02. The van der Waals surface area contributed by atoms with Crippen molar-refractivity contribution in [1.82, 2.24) is 0 Å². The van der Waals surface area contributed by atoms with E-state index >= 15 is 0 Å². The molecule has 0 amide bonds. The number of hydrogen-bond donors (Lipinski definition) is 1. The van der Waals surface area contributed by atoms with Crippen LogP contribution in [0.2, 0.25) is 0 Å². The fourth-order valence-electron chi connectivity index (χ4n) is 3.98. The molecule has 2 aliphatic rings. The lowest BCUT2D eigenvalue weighted by Crippen LogP contribution is -2.23. The molecule has 6 nitrogen and oxygen atoms in total. The number of carbonyl (C=O) groups excluding carboxylic acids is 2. The smallest absolute Gasteiger partial charge is 0.344 e. The van der Waals surface area contributed by atoms with Crippen LogP contribution in [0, 0.1) is 5.92 Å². The Bertz CT molecular complexity index is 960. The van der Waals surface area contributed by atoms with Crippen molar-refractivity contribution >= 4 is 11.8 Å². The SMILES string of the molecule is CCOc1c(O)ccc(-c2cccc3c2CCC3=O)c1OCC(=O)OCC1CCC1. The van der Waals surface area contributed by atoms with E-state index in [1.165, 1.54) is 12.5 Å². The maximum atomic E-state index is 12.2. The summed E-state index contributed by atoms with van der Waals surface area (Å²) in [5, 5.41) is 10.3. The summed E-state index contributed by atoms with van der Waals surface area (Å²) in [6, 6.07) is 8.85. The molecule has 0 bridgehead atoms. The van der Waals surface area contributed by atoms with E-state index in [0.29, 0.717) is 43.1 Å². The average molecular weight is 410 g/mol. The Labute approximate surface area is 175 Å². The van der Waals surface area contributed by atoms with Gasteiger partial charge in [0.15, 0.2) is 23.9 Å². The number of hydrogen-bond acceptors (Lipinski definition) is 6. The number of esters is 1. The Kier molecular flexibility index (Phi) is 5.93. The lowest BCUT2D eigenvalue weighted by Gasteiger charge is -2.24. The summed E-state index contributed by atoms with van der Waals surface area (Å²) in [4.78, 5) is 24.4. The largest absolute Gasteiger partial charge is 0.504 e. The predicted molar refractivity (Wildman–Crippen MR) is 111 cm³/mol. The molecule has 0 spiro atoms. The van der Waals surface area contributed by atoms with E-state index in [1.807, 2.05) is 25.1 Å². The zero-order valence-corrected chi connectivity index (χ0v) is 17.1. The summed E-state index contributed by atoms with van der Waals surface area (Å²) in [6.45, 7) is 2.27. The van der Waals surface area contributed by atoms with Gasteiger partial charge in [0.05, 0.1) is 13.2 Å². The number of benzene rings is 2. The van der Waals surface area contributed by atoms with Crippen LogP contribution in [0.25, 0.3) is 11.1 Å². The first-order valence-corrected chi connectivity index (χ1v) is 10.5. The van der Waals surface area contributed by atoms with Crippen molar-refractivity contribution in [2.75, 3.05) is 19.8 Å². The number of fused-ring (bicyclic) bond motifs is 1. The molecule has 1 fully saturated rings. The number of ether oxygens (including phenoxy) is 3. The molecule has 2 aliphatic carbocycles. The van der Waals surface area contributed by atoms with Crippen LogP contribution in [0.15, 0.2) is 30.3 Å². The van der Waals surface area contributed by atoms with Crippen LogP contribution in [0.5, 0.6) is 17.2 Å². The molecule has 0 aromatic heterocycles.